The van der Waals surface area contributed by atoms with Gasteiger partial charge in [0, 0.05) is 17.5 Å². The number of halogens is 1. The lowest BCUT2D eigenvalue weighted by Gasteiger charge is -2.21. The second-order valence-corrected chi connectivity index (χ2v) is 7.72. The summed E-state index contributed by atoms with van der Waals surface area (Å²) >= 11 is 0. The van der Waals surface area contributed by atoms with Crippen LogP contribution in [0.4, 0.5) is 20.7 Å². The number of imidazole rings is 1. The van der Waals surface area contributed by atoms with Crippen molar-refractivity contribution in [2.45, 2.75) is 25.7 Å². The van der Waals surface area contributed by atoms with Crippen molar-refractivity contribution < 1.29 is 33.1 Å². The Morgan fingerprint density at radius 2 is 2.26 bits per heavy atom. The molecule has 0 saturated carbocycles. The molecule has 12 nitrogen and oxygen atoms in total. The predicted octanol–water partition coefficient (Wildman–Crippen LogP) is 1.88. The molecule has 1 aromatic carbocycles. The minimum absolute atomic E-state index is 0.171. The molecule has 3 heterocycles. The van der Waals surface area contributed by atoms with Gasteiger partial charge in [0.25, 0.3) is 0 Å². The fourth-order valence-electron chi connectivity index (χ4n) is 3.54. The number of carbonyl (C=O) groups is 2. The Labute approximate surface area is 193 Å². The minimum atomic E-state index is -0.604. The number of hydrogen-bond acceptors (Lipinski definition) is 8. The molecule has 0 bridgehead atoms. The average Bonchev–Trinajstić information content (AvgIpc) is 3.39. The van der Waals surface area contributed by atoms with E-state index in [1.54, 1.807) is 18.2 Å². The van der Waals surface area contributed by atoms with Crippen LogP contribution in [0.25, 0.3) is 6.08 Å². The van der Waals surface area contributed by atoms with Gasteiger partial charge < -0.3 is 29.6 Å². The summed E-state index contributed by atoms with van der Waals surface area (Å²) in [6, 6.07) is 4.56. The number of fused-ring (bicyclic) bond motifs is 1. The molecule has 0 aliphatic carbocycles. The third-order valence-corrected chi connectivity index (χ3v) is 5.19. The first kappa shape index (κ1) is 23.2. The van der Waals surface area contributed by atoms with Crippen LogP contribution in [0.5, 0.6) is 6.01 Å². The van der Waals surface area contributed by atoms with E-state index in [0.717, 1.165) is 0 Å². The van der Waals surface area contributed by atoms with Gasteiger partial charge in [0.2, 0.25) is 5.91 Å². The molecule has 2 aromatic rings. The highest BCUT2D eigenvalue weighted by atomic mass is 19.1. The number of cyclic esters (lactones) is 1. The molecule has 2 amide bonds. The van der Waals surface area contributed by atoms with Crippen LogP contribution in [-0.2, 0) is 20.8 Å². The number of nitro groups is 1. The number of ether oxygens (including phenoxy) is 3. The van der Waals surface area contributed by atoms with Crippen molar-refractivity contribution in [3.05, 3.63) is 52.0 Å². The number of carbonyl (C=O) groups excluding carboxylic acids is 2. The molecule has 0 spiro atoms. The molecule has 13 heteroatoms. The fourth-order valence-corrected chi connectivity index (χ4v) is 3.54. The highest BCUT2D eigenvalue weighted by Gasteiger charge is 2.32. The highest BCUT2D eigenvalue weighted by Crippen LogP contribution is 2.25. The number of nitrogens with zero attached hydrogens (tertiary/aromatic N) is 4. The standard InChI is InChI=1S/C21H22FN5O7/c1-13(28)23-8-16-10-26(21(29)34-16)15-5-4-14(18(22)7-15)3-2-6-32-17-9-25-11-19(27(30)31)24-20(25)33-12-17/h2-5,7,11,16-17H,6,8-10,12H2,1H3,(H,23,28)/b3-2+. The number of benzene rings is 1. The molecule has 1 fully saturated rings. The molecule has 2 atom stereocenters. The molecule has 4 rings (SSSR count). The predicted molar refractivity (Wildman–Crippen MR) is 116 cm³/mol. The van der Waals surface area contributed by atoms with Gasteiger partial charge >= 0.3 is 17.9 Å². The number of hydrogen-bond donors (Lipinski definition) is 1. The van der Waals surface area contributed by atoms with Gasteiger partial charge in [-0.15, -0.1) is 0 Å². The first-order chi connectivity index (χ1) is 16.3. The normalized spacial score (nSPS) is 19.6. The molecule has 2 aliphatic rings. The van der Waals surface area contributed by atoms with Crippen LogP contribution in [-0.4, -0.2) is 65.0 Å². The summed E-state index contributed by atoms with van der Waals surface area (Å²) in [7, 11) is 0. The lowest BCUT2D eigenvalue weighted by atomic mass is 10.1. The fraction of sp³-hybridized carbons (Fsp3) is 0.381. The molecule has 180 valence electrons. The number of nitrogens with one attached hydrogen (secondary N) is 1. The van der Waals surface area contributed by atoms with Gasteiger partial charge in [-0.3, -0.25) is 14.3 Å². The van der Waals surface area contributed by atoms with Crippen molar-refractivity contribution >= 4 is 29.6 Å². The lowest BCUT2D eigenvalue weighted by molar-refractivity contribution is -0.389. The van der Waals surface area contributed by atoms with E-state index < -0.39 is 22.9 Å². The van der Waals surface area contributed by atoms with E-state index in [-0.39, 0.29) is 50.1 Å². The summed E-state index contributed by atoms with van der Waals surface area (Å²) in [5.41, 5.74) is 0.660. The second kappa shape index (κ2) is 9.87. The van der Waals surface area contributed by atoms with E-state index in [4.69, 9.17) is 14.2 Å². The highest BCUT2D eigenvalue weighted by molar-refractivity contribution is 5.90. The number of amides is 2. The van der Waals surface area contributed by atoms with Gasteiger partial charge in [-0.1, -0.05) is 12.2 Å². The van der Waals surface area contributed by atoms with Gasteiger partial charge in [0.05, 0.1) is 31.9 Å². The third kappa shape index (κ3) is 5.31. The van der Waals surface area contributed by atoms with E-state index >= 15 is 0 Å². The van der Waals surface area contributed by atoms with Gasteiger partial charge in [0.15, 0.2) is 0 Å². The Hall–Kier alpha value is -4.00. The number of aromatic nitrogens is 2. The molecule has 1 saturated heterocycles. The van der Waals surface area contributed by atoms with Crippen LogP contribution in [0.2, 0.25) is 0 Å². The van der Waals surface area contributed by atoms with Crippen LogP contribution < -0.4 is 15.0 Å². The zero-order valence-electron chi connectivity index (χ0n) is 18.2. The van der Waals surface area contributed by atoms with Crippen LogP contribution >= 0.6 is 0 Å². The molecular formula is C21H22FN5O7. The summed E-state index contributed by atoms with van der Waals surface area (Å²) in [5, 5.41) is 13.4. The summed E-state index contributed by atoms with van der Waals surface area (Å²) in [4.78, 5) is 38.4. The largest absolute Gasteiger partial charge is 0.443 e. The van der Waals surface area contributed by atoms with E-state index in [2.05, 4.69) is 10.3 Å². The van der Waals surface area contributed by atoms with Crippen molar-refractivity contribution in [3.8, 4) is 6.01 Å². The van der Waals surface area contributed by atoms with Crippen LogP contribution in [0, 0.1) is 15.9 Å². The van der Waals surface area contributed by atoms with Crippen LogP contribution in [0.3, 0.4) is 0 Å². The smallest absolute Gasteiger partial charge is 0.414 e. The van der Waals surface area contributed by atoms with Gasteiger partial charge in [-0.2, -0.15) is 0 Å². The van der Waals surface area contributed by atoms with E-state index in [9.17, 15) is 24.1 Å². The molecule has 34 heavy (non-hydrogen) atoms. The van der Waals surface area contributed by atoms with Crippen molar-refractivity contribution in [1.82, 2.24) is 14.9 Å². The maximum atomic E-state index is 14.6. The van der Waals surface area contributed by atoms with Crippen LogP contribution in [0.1, 0.15) is 12.5 Å². The van der Waals surface area contributed by atoms with Crippen molar-refractivity contribution in [3.63, 3.8) is 0 Å². The Morgan fingerprint density at radius 3 is 3.00 bits per heavy atom. The quantitative estimate of drug-likeness (QED) is 0.451. The Balaban J connectivity index is 1.29. The Morgan fingerprint density at radius 1 is 1.44 bits per heavy atom. The second-order valence-electron chi connectivity index (χ2n) is 7.72. The Bertz CT molecular complexity index is 1130. The Kier molecular flexibility index (Phi) is 6.72. The molecule has 1 N–H and O–H groups in total. The van der Waals surface area contributed by atoms with Gasteiger partial charge in [0.1, 0.15) is 30.8 Å². The van der Waals surface area contributed by atoms with Crippen molar-refractivity contribution in [2.75, 3.05) is 31.2 Å². The van der Waals surface area contributed by atoms with Crippen molar-refractivity contribution in [2.24, 2.45) is 0 Å². The van der Waals surface area contributed by atoms with E-state index in [1.807, 2.05) is 0 Å². The first-order valence-corrected chi connectivity index (χ1v) is 10.4. The lowest BCUT2D eigenvalue weighted by Crippen LogP contribution is -2.33. The maximum absolute atomic E-state index is 14.6. The zero-order chi connectivity index (χ0) is 24.2. The zero-order valence-corrected chi connectivity index (χ0v) is 18.2. The summed E-state index contributed by atoms with van der Waals surface area (Å²) in [5.74, 6) is -1.05. The molecule has 2 aliphatic heterocycles. The van der Waals surface area contributed by atoms with Crippen LogP contribution in [0.15, 0.2) is 30.5 Å². The molecule has 1 aromatic heterocycles. The summed E-state index contributed by atoms with van der Waals surface area (Å²) < 4.78 is 32.4. The molecule has 0 radical (unpaired) electrons. The monoisotopic (exact) mass is 475 g/mol. The number of anilines is 1. The molecule has 2 unspecified atom stereocenters. The maximum Gasteiger partial charge on any atom is 0.414 e. The van der Waals surface area contributed by atoms with E-state index in [1.165, 1.54) is 34.7 Å². The SMILES string of the molecule is CC(=O)NCC1CN(c2ccc(/C=C/COC3COc4nc([N+](=O)[O-])cn4C3)c(F)c2)C(=O)O1. The van der Waals surface area contributed by atoms with E-state index in [0.29, 0.717) is 17.8 Å². The van der Waals surface area contributed by atoms with Gasteiger partial charge in [-0.25, -0.2) is 9.18 Å². The first-order valence-electron chi connectivity index (χ1n) is 10.4. The average molecular weight is 475 g/mol. The minimum Gasteiger partial charge on any atom is -0.443 e. The summed E-state index contributed by atoms with van der Waals surface area (Å²) in [6.45, 7) is 2.47. The van der Waals surface area contributed by atoms with Crippen molar-refractivity contribution in [1.29, 1.82) is 0 Å². The summed E-state index contributed by atoms with van der Waals surface area (Å²) in [6.07, 6.45) is 3.02. The topological polar surface area (TPSA) is 138 Å². The third-order valence-electron chi connectivity index (χ3n) is 5.19. The molecular weight excluding hydrogens is 453 g/mol. The van der Waals surface area contributed by atoms with Gasteiger partial charge in [-0.05, 0) is 23.1 Å². The number of rotatable bonds is 8.